The summed E-state index contributed by atoms with van der Waals surface area (Å²) in [5.41, 5.74) is -1.71. The Labute approximate surface area is 217 Å². The molecule has 4 aromatic rings. The second kappa shape index (κ2) is 9.75. The number of amidine groups is 1. The molecule has 5 nitrogen and oxygen atoms in total. The fourth-order valence-electron chi connectivity index (χ4n) is 4.41. The van der Waals surface area contributed by atoms with Gasteiger partial charge in [0, 0.05) is 36.8 Å². The van der Waals surface area contributed by atoms with E-state index in [0.717, 1.165) is 0 Å². The average Bonchev–Trinajstić information content (AvgIpc) is 3.49. The molecule has 0 aliphatic carbocycles. The minimum absolute atomic E-state index is 0.0547. The zero-order valence-electron chi connectivity index (χ0n) is 20.1. The number of aryl methyl sites for hydroxylation is 1. The zero-order chi connectivity index (χ0) is 27.9. The minimum Gasteiger partial charge on any atom is -0.363 e. The standard InChI is InChI=1S/C27H19F7N4O/c1-37-10-4-7-23(37)24-36-39-25(16-11-18(26(29,30)31)13-19(12-16)27(32,33)34)38(24)15-17-14-35-9-8-20(17)21-5-2-3-6-22(21)28/h2-14,25H,15H2,1H3. The van der Waals surface area contributed by atoms with Gasteiger partial charge in [0.2, 0.25) is 6.23 Å². The van der Waals surface area contributed by atoms with Crippen LogP contribution in [0.4, 0.5) is 30.7 Å². The highest BCUT2D eigenvalue weighted by atomic mass is 19.4. The van der Waals surface area contributed by atoms with E-state index < -0.39 is 41.1 Å². The summed E-state index contributed by atoms with van der Waals surface area (Å²) in [5.74, 6) is -0.343. The summed E-state index contributed by atoms with van der Waals surface area (Å²) in [5, 5.41) is 4.04. The first-order valence-electron chi connectivity index (χ1n) is 11.5. The summed E-state index contributed by atoms with van der Waals surface area (Å²) in [6, 6.07) is 12.2. The van der Waals surface area contributed by atoms with Crippen molar-refractivity contribution in [1.29, 1.82) is 0 Å². The fourth-order valence-corrected chi connectivity index (χ4v) is 4.41. The summed E-state index contributed by atoms with van der Waals surface area (Å²) in [7, 11) is 1.70. The first-order valence-corrected chi connectivity index (χ1v) is 11.5. The van der Waals surface area contributed by atoms with Gasteiger partial charge in [-0.15, -0.1) is 0 Å². The number of benzene rings is 2. The summed E-state index contributed by atoms with van der Waals surface area (Å²) in [4.78, 5) is 11.0. The number of oxime groups is 1. The lowest BCUT2D eigenvalue weighted by atomic mass is 9.99. The average molecular weight is 548 g/mol. The molecular weight excluding hydrogens is 529 g/mol. The van der Waals surface area contributed by atoms with Gasteiger partial charge in [-0.1, -0.05) is 23.4 Å². The van der Waals surface area contributed by atoms with Gasteiger partial charge in [0.1, 0.15) is 5.82 Å². The van der Waals surface area contributed by atoms with Crippen LogP contribution in [-0.4, -0.2) is 20.3 Å². The van der Waals surface area contributed by atoms with Crippen molar-refractivity contribution in [2.24, 2.45) is 12.2 Å². The van der Waals surface area contributed by atoms with Gasteiger partial charge in [-0.05, 0) is 53.6 Å². The molecule has 0 radical (unpaired) electrons. The Hall–Kier alpha value is -4.35. The molecule has 0 amide bonds. The van der Waals surface area contributed by atoms with Crippen LogP contribution in [0, 0.1) is 5.82 Å². The summed E-state index contributed by atoms with van der Waals surface area (Å²) >= 11 is 0. The maximum Gasteiger partial charge on any atom is 0.416 e. The second-order valence-corrected chi connectivity index (χ2v) is 8.86. The molecule has 5 rings (SSSR count). The van der Waals surface area contributed by atoms with Crippen molar-refractivity contribution in [2.75, 3.05) is 0 Å². The summed E-state index contributed by atoms with van der Waals surface area (Å²) in [6.45, 7) is -0.121. The molecule has 202 valence electrons. The molecule has 1 aliphatic rings. The molecule has 1 unspecified atom stereocenters. The minimum atomic E-state index is -5.04. The van der Waals surface area contributed by atoms with Crippen molar-refractivity contribution in [3.05, 3.63) is 113 Å². The number of pyridine rings is 1. The van der Waals surface area contributed by atoms with Crippen molar-refractivity contribution in [1.82, 2.24) is 14.5 Å². The first kappa shape index (κ1) is 26.3. The zero-order valence-corrected chi connectivity index (χ0v) is 20.1. The van der Waals surface area contributed by atoms with Crippen LogP contribution in [0.15, 0.2) is 84.4 Å². The molecule has 0 saturated heterocycles. The van der Waals surface area contributed by atoms with Crippen LogP contribution in [0.5, 0.6) is 0 Å². The molecule has 39 heavy (non-hydrogen) atoms. The molecule has 1 aliphatic heterocycles. The Morgan fingerprint density at radius 1 is 0.872 bits per heavy atom. The Morgan fingerprint density at radius 2 is 1.56 bits per heavy atom. The van der Waals surface area contributed by atoms with Crippen molar-refractivity contribution in [3.63, 3.8) is 0 Å². The smallest absolute Gasteiger partial charge is 0.363 e. The molecule has 1 atom stereocenters. The van der Waals surface area contributed by atoms with E-state index in [1.54, 1.807) is 48.1 Å². The number of hydrogen-bond acceptors (Lipinski definition) is 4. The molecule has 0 saturated carbocycles. The Balaban J connectivity index is 1.63. The number of halogens is 7. The first-order chi connectivity index (χ1) is 18.4. The van der Waals surface area contributed by atoms with Gasteiger partial charge in [-0.25, -0.2) is 4.39 Å². The van der Waals surface area contributed by atoms with Gasteiger partial charge in [0.25, 0.3) is 0 Å². The van der Waals surface area contributed by atoms with Crippen LogP contribution < -0.4 is 0 Å². The van der Waals surface area contributed by atoms with Gasteiger partial charge in [0.15, 0.2) is 5.84 Å². The van der Waals surface area contributed by atoms with Crippen LogP contribution in [-0.2, 0) is 30.8 Å². The number of nitrogens with zero attached hydrogens (tertiary/aromatic N) is 4. The fraction of sp³-hybridized carbons (Fsp3) is 0.185. The van der Waals surface area contributed by atoms with Crippen molar-refractivity contribution in [3.8, 4) is 11.1 Å². The molecule has 0 spiro atoms. The molecule has 12 heteroatoms. The normalized spacial score (nSPS) is 15.8. The van der Waals surface area contributed by atoms with Gasteiger partial charge in [-0.3, -0.25) is 4.98 Å². The van der Waals surface area contributed by atoms with E-state index in [2.05, 4.69) is 10.1 Å². The van der Waals surface area contributed by atoms with E-state index in [4.69, 9.17) is 4.84 Å². The summed E-state index contributed by atoms with van der Waals surface area (Å²) in [6.07, 6.45) is -6.92. The molecular formula is C27H19F7N4O. The summed E-state index contributed by atoms with van der Waals surface area (Å²) < 4.78 is 98.0. The third-order valence-electron chi connectivity index (χ3n) is 6.27. The third kappa shape index (κ3) is 5.18. The van der Waals surface area contributed by atoms with Gasteiger partial charge < -0.3 is 14.3 Å². The number of rotatable bonds is 5. The van der Waals surface area contributed by atoms with Crippen LogP contribution in [0.25, 0.3) is 11.1 Å². The highest BCUT2D eigenvalue weighted by Crippen LogP contribution is 2.41. The van der Waals surface area contributed by atoms with Crippen molar-refractivity contribution in [2.45, 2.75) is 25.1 Å². The number of hydrogen-bond donors (Lipinski definition) is 0. The molecule has 0 bridgehead atoms. The largest absolute Gasteiger partial charge is 0.416 e. The van der Waals surface area contributed by atoms with E-state index in [1.165, 1.54) is 29.4 Å². The molecule has 0 N–H and O–H groups in total. The number of aromatic nitrogens is 2. The molecule has 2 aromatic carbocycles. The van der Waals surface area contributed by atoms with Crippen molar-refractivity contribution < 1.29 is 35.6 Å². The number of alkyl halides is 6. The highest BCUT2D eigenvalue weighted by molar-refractivity contribution is 5.98. The van der Waals surface area contributed by atoms with E-state index in [1.807, 2.05) is 0 Å². The van der Waals surface area contributed by atoms with Gasteiger partial charge >= 0.3 is 12.4 Å². The molecule has 0 fully saturated rings. The van der Waals surface area contributed by atoms with Gasteiger partial charge in [0.05, 0.1) is 23.4 Å². The van der Waals surface area contributed by atoms with Crippen molar-refractivity contribution >= 4 is 5.84 Å². The monoisotopic (exact) mass is 548 g/mol. The predicted molar refractivity (Wildman–Crippen MR) is 127 cm³/mol. The van der Waals surface area contributed by atoms with Crippen LogP contribution in [0.3, 0.4) is 0 Å². The predicted octanol–water partition coefficient (Wildman–Crippen LogP) is 7.16. The van der Waals surface area contributed by atoms with Crippen LogP contribution in [0.2, 0.25) is 0 Å². The van der Waals surface area contributed by atoms with Gasteiger partial charge in [-0.2, -0.15) is 26.3 Å². The Morgan fingerprint density at radius 3 is 2.18 bits per heavy atom. The third-order valence-corrected chi connectivity index (χ3v) is 6.27. The lowest BCUT2D eigenvalue weighted by molar-refractivity contribution is -0.143. The molecule has 3 heterocycles. The lowest BCUT2D eigenvalue weighted by Gasteiger charge is -2.27. The van der Waals surface area contributed by atoms with E-state index in [9.17, 15) is 30.7 Å². The molecule has 2 aromatic heterocycles. The Kier molecular flexibility index (Phi) is 6.57. The highest BCUT2D eigenvalue weighted by Gasteiger charge is 2.41. The maximum absolute atomic E-state index is 14.7. The SMILES string of the molecule is Cn1cccc1C1=NOC(c2cc(C(F)(F)F)cc(C(F)(F)F)c2)N1Cc1cnccc1-c1ccccc1F. The van der Waals surface area contributed by atoms with E-state index in [0.29, 0.717) is 29.0 Å². The topological polar surface area (TPSA) is 42.6 Å². The second-order valence-electron chi connectivity index (χ2n) is 8.86. The van der Waals surface area contributed by atoms with Crippen LogP contribution >= 0.6 is 0 Å². The van der Waals surface area contributed by atoms with Crippen LogP contribution in [0.1, 0.15) is 34.2 Å². The maximum atomic E-state index is 14.7. The lowest BCUT2D eigenvalue weighted by Crippen LogP contribution is -2.32. The van der Waals surface area contributed by atoms with E-state index >= 15 is 0 Å². The Bertz CT molecular complexity index is 1510. The quantitative estimate of drug-likeness (QED) is 0.249. The van der Waals surface area contributed by atoms with E-state index in [-0.39, 0.29) is 24.0 Å².